The Labute approximate surface area is 147 Å². The molecule has 0 aliphatic heterocycles. The first kappa shape index (κ1) is 15.9. The van der Waals surface area contributed by atoms with E-state index < -0.39 is 0 Å². The zero-order chi connectivity index (χ0) is 17.1. The Balaban J connectivity index is 1.70. The van der Waals surface area contributed by atoms with Gasteiger partial charge >= 0.3 is 0 Å². The number of nitrogens with one attached hydrogen (secondary N) is 1. The van der Waals surface area contributed by atoms with Gasteiger partial charge in [0.25, 0.3) is 5.91 Å². The van der Waals surface area contributed by atoms with Crippen molar-refractivity contribution >= 4 is 16.8 Å². The molecule has 0 unspecified atom stereocenters. The normalized spacial score (nSPS) is 15.8. The van der Waals surface area contributed by atoms with Crippen LogP contribution in [0.3, 0.4) is 0 Å². The minimum Gasteiger partial charge on any atom is -0.463 e. The number of amides is 1. The van der Waals surface area contributed by atoms with Crippen LogP contribution in [0.1, 0.15) is 48.9 Å². The van der Waals surface area contributed by atoms with E-state index in [1.807, 2.05) is 42.5 Å². The lowest BCUT2D eigenvalue weighted by Gasteiger charge is -2.17. The summed E-state index contributed by atoms with van der Waals surface area (Å²) >= 11 is 0. The Morgan fingerprint density at radius 3 is 2.60 bits per heavy atom. The molecule has 0 atom stereocenters. The fourth-order valence-electron chi connectivity index (χ4n) is 3.60. The molecule has 4 heteroatoms. The molecule has 1 aliphatic rings. The van der Waals surface area contributed by atoms with Crippen LogP contribution in [0.25, 0.3) is 22.4 Å². The molecule has 1 saturated carbocycles. The van der Waals surface area contributed by atoms with Crippen molar-refractivity contribution in [2.24, 2.45) is 0 Å². The van der Waals surface area contributed by atoms with Gasteiger partial charge in [0.05, 0.1) is 17.3 Å². The SMILES string of the molecule is O=C(NC1CCCCCC1)c1cc(-c2ccco2)nc2ccccc12. The van der Waals surface area contributed by atoms with Gasteiger partial charge in [-0.2, -0.15) is 0 Å². The number of pyridine rings is 1. The van der Waals surface area contributed by atoms with Crippen molar-refractivity contribution in [3.63, 3.8) is 0 Å². The third-order valence-electron chi connectivity index (χ3n) is 4.92. The number of carbonyl (C=O) groups excluding carboxylic acids is 1. The van der Waals surface area contributed by atoms with Crippen molar-refractivity contribution in [2.75, 3.05) is 0 Å². The summed E-state index contributed by atoms with van der Waals surface area (Å²) < 4.78 is 5.48. The summed E-state index contributed by atoms with van der Waals surface area (Å²) in [5.41, 5.74) is 2.17. The molecule has 2 heterocycles. The van der Waals surface area contributed by atoms with Crippen LogP contribution < -0.4 is 5.32 Å². The van der Waals surface area contributed by atoms with E-state index in [4.69, 9.17) is 4.42 Å². The number of benzene rings is 1. The second kappa shape index (κ2) is 7.09. The summed E-state index contributed by atoms with van der Waals surface area (Å²) in [6.45, 7) is 0. The number of aromatic nitrogens is 1. The maximum absolute atomic E-state index is 13.0. The Morgan fingerprint density at radius 1 is 1.04 bits per heavy atom. The zero-order valence-corrected chi connectivity index (χ0v) is 14.2. The van der Waals surface area contributed by atoms with E-state index in [-0.39, 0.29) is 11.9 Å². The van der Waals surface area contributed by atoms with Crippen LogP contribution in [0.15, 0.2) is 53.1 Å². The maximum Gasteiger partial charge on any atom is 0.252 e. The molecular formula is C21H22N2O2. The lowest BCUT2D eigenvalue weighted by Crippen LogP contribution is -2.34. The van der Waals surface area contributed by atoms with Gasteiger partial charge in [-0.15, -0.1) is 0 Å². The summed E-state index contributed by atoms with van der Waals surface area (Å²) in [5.74, 6) is 0.660. The van der Waals surface area contributed by atoms with E-state index in [9.17, 15) is 4.79 Å². The molecule has 1 aliphatic carbocycles. The largest absolute Gasteiger partial charge is 0.463 e. The van der Waals surface area contributed by atoms with Gasteiger partial charge in [0.15, 0.2) is 5.76 Å². The number of rotatable bonds is 3. The smallest absolute Gasteiger partial charge is 0.252 e. The molecule has 4 rings (SSSR count). The molecule has 1 amide bonds. The Morgan fingerprint density at radius 2 is 1.84 bits per heavy atom. The van der Waals surface area contributed by atoms with Crippen LogP contribution in [0.5, 0.6) is 0 Å². The summed E-state index contributed by atoms with van der Waals surface area (Å²) in [4.78, 5) is 17.6. The molecule has 3 aromatic rings. The molecule has 0 radical (unpaired) electrons. The van der Waals surface area contributed by atoms with Crippen LogP contribution in [0.2, 0.25) is 0 Å². The van der Waals surface area contributed by atoms with E-state index >= 15 is 0 Å². The number of hydrogen-bond donors (Lipinski definition) is 1. The third kappa shape index (κ3) is 3.43. The monoisotopic (exact) mass is 334 g/mol. The number of carbonyl (C=O) groups is 1. The van der Waals surface area contributed by atoms with Gasteiger partial charge in [-0.05, 0) is 37.1 Å². The van der Waals surface area contributed by atoms with Gasteiger partial charge in [-0.3, -0.25) is 4.79 Å². The van der Waals surface area contributed by atoms with Crippen LogP contribution >= 0.6 is 0 Å². The van der Waals surface area contributed by atoms with E-state index in [0.29, 0.717) is 17.0 Å². The van der Waals surface area contributed by atoms with Crippen LogP contribution in [0, 0.1) is 0 Å². The standard InChI is InChI=1S/C21H22N2O2/c24-21(22-15-8-3-1-2-4-9-15)17-14-19(20-12-7-13-25-20)23-18-11-6-5-10-16(17)18/h5-7,10-15H,1-4,8-9H2,(H,22,24). The number of para-hydroxylation sites is 1. The topological polar surface area (TPSA) is 55.1 Å². The highest BCUT2D eigenvalue weighted by Crippen LogP contribution is 2.26. The summed E-state index contributed by atoms with van der Waals surface area (Å²) in [6.07, 6.45) is 8.69. The van der Waals surface area contributed by atoms with Crippen LogP contribution in [0.4, 0.5) is 0 Å². The summed E-state index contributed by atoms with van der Waals surface area (Å²) in [5, 5.41) is 4.12. The molecule has 0 saturated heterocycles. The molecule has 0 spiro atoms. The van der Waals surface area contributed by atoms with Crippen molar-refractivity contribution in [1.29, 1.82) is 0 Å². The summed E-state index contributed by atoms with van der Waals surface area (Å²) in [6, 6.07) is 13.6. The number of fused-ring (bicyclic) bond motifs is 1. The quantitative estimate of drug-likeness (QED) is 0.690. The summed E-state index contributed by atoms with van der Waals surface area (Å²) in [7, 11) is 0. The maximum atomic E-state index is 13.0. The van der Waals surface area contributed by atoms with Crippen molar-refractivity contribution in [2.45, 2.75) is 44.6 Å². The molecule has 128 valence electrons. The first-order valence-corrected chi connectivity index (χ1v) is 9.06. The Kier molecular flexibility index (Phi) is 4.51. The fourth-order valence-corrected chi connectivity index (χ4v) is 3.60. The first-order chi connectivity index (χ1) is 12.3. The number of furan rings is 1. The van der Waals surface area contributed by atoms with E-state index in [0.717, 1.165) is 23.7 Å². The average Bonchev–Trinajstić information content (AvgIpc) is 3.06. The van der Waals surface area contributed by atoms with E-state index in [1.54, 1.807) is 6.26 Å². The third-order valence-corrected chi connectivity index (χ3v) is 4.92. The highest BCUT2D eigenvalue weighted by molar-refractivity contribution is 6.07. The van der Waals surface area contributed by atoms with Crippen molar-refractivity contribution in [3.05, 3.63) is 54.3 Å². The van der Waals surface area contributed by atoms with Gasteiger partial charge in [-0.1, -0.05) is 43.9 Å². The van der Waals surface area contributed by atoms with Crippen LogP contribution in [-0.2, 0) is 0 Å². The first-order valence-electron chi connectivity index (χ1n) is 9.06. The molecule has 25 heavy (non-hydrogen) atoms. The molecule has 2 aromatic heterocycles. The Hall–Kier alpha value is -2.62. The van der Waals surface area contributed by atoms with E-state index in [2.05, 4.69) is 10.3 Å². The van der Waals surface area contributed by atoms with E-state index in [1.165, 1.54) is 25.7 Å². The second-order valence-corrected chi connectivity index (χ2v) is 6.71. The van der Waals surface area contributed by atoms with Gasteiger partial charge in [0, 0.05) is 11.4 Å². The van der Waals surface area contributed by atoms with Crippen molar-refractivity contribution in [1.82, 2.24) is 10.3 Å². The van der Waals surface area contributed by atoms with Gasteiger partial charge in [0.2, 0.25) is 0 Å². The molecule has 1 N–H and O–H groups in total. The van der Waals surface area contributed by atoms with Crippen molar-refractivity contribution in [3.8, 4) is 11.5 Å². The molecule has 4 nitrogen and oxygen atoms in total. The lowest BCUT2D eigenvalue weighted by molar-refractivity contribution is 0.0935. The second-order valence-electron chi connectivity index (χ2n) is 6.71. The lowest BCUT2D eigenvalue weighted by atomic mass is 10.0. The molecular weight excluding hydrogens is 312 g/mol. The van der Waals surface area contributed by atoms with Gasteiger partial charge in [-0.25, -0.2) is 4.98 Å². The highest BCUT2D eigenvalue weighted by Gasteiger charge is 2.19. The average molecular weight is 334 g/mol. The molecule has 0 bridgehead atoms. The predicted molar refractivity (Wildman–Crippen MR) is 98.4 cm³/mol. The zero-order valence-electron chi connectivity index (χ0n) is 14.2. The fraction of sp³-hybridized carbons (Fsp3) is 0.333. The van der Waals surface area contributed by atoms with Crippen molar-refractivity contribution < 1.29 is 9.21 Å². The predicted octanol–water partition coefficient (Wildman–Crippen LogP) is 4.95. The minimum absolute atomic E-state index is 0.0155. The number of hydrogen-bond acceptors (Lipinski definition) is 3. The minimum atomic E-state index is -0.0155. The number of nitrogens with zero attached hydrogens (tertiary/aromatic N) is 1. The van der Waals surface area contributed by atoms with Crippen LogP contribution in [-0.4, -0.2) is 16.9 Å². The highest BCUT2D eigenvalue weighted by atomic mass is 16.3. The molecule has 1 aromatic carbocycles. The van der Waals surface area contributed by atoms with Gasteiger partial charge < -0.3 is 9.73 Å². The van der Waals surface area contributed by atoms with Gasteiger partial charge in [0.1, 0.15) is 5.69 Å². The molecule has 1 fully saturated rings. The Bertz CT molecular complexity index is 863.